The maximum absolute atomic E-state index is 13.1. The first-order valence-corrected chi connectivity index (χ1v) is 9.69. The average Bonchev–Trinajstić information content (AvgIpc) is 3.17. The number of hydrogen-bond acceptors (Lipinski definition) is 3. The molecule has 0 aliphatic carbocycles. The Kier molecular flexibility index (Phi) is 4.66. The summed E-state index contributed by atoms with van der Waals surface area (Å²) in [6.45, 7) is 4.55. The van der Waals surface area contributed by atoms with E-state index < -0.39 is 0 Å². The van der Waals surface area contributed by atoms with E-state index in [1.807, 2.05) is 62.1 Å². The second kappa shape index (κ2) is 7.14. The monoisotopic (exact) mass is 379 g/mol. The van der Waals surface area contributed by atoms with Crippen LogP contribution in [0.1, 0.15) is 30.6 Å². The van der Waals surface area contributed by atoms with E-state index >= 15 is 0 Å². The van der Waals surface area contributed by atoms with Gasteiger partial charge in [0, 0.05) is 26.2 Å². The SMILES string of the molecule is CCc1c(NC(=O)C2CCc3nc(C)cn3C2)c(=O)n(-c2ccccc2)n1C. The summed E-state index contributed by atoms with van der Waals surface area (Å²) in [5.74, 6) is 0.757. The number of amides is 1. The van der Waals surface area contributed by atoms with Gasteiger partial charge in [-0.3, -0.25) is 14.3 Å². The normalized spacial score (nSPS) is 16.0. The van der Waals surface area contributed by atoms with E-state index in [0.29, 0.717) is 18.7 Å². The molecule has 3 heterocycles. The van der Waals surface area contributed by atoms with Crippen molar-refractivity contribution in [2.45, 2.75) is 39.7 Å². The molecule has 0 radical (unpaired) electrons. The highest BCUT2D eigenvalue weighted by atomic mass is 16.2. The highest BCUT2D eigenvalue weighted by Gasteiger charge is 2.28. The van der Waals surface area contributed by atoms with E-state index in [1.54, 1.807) is 4.68 Å². The van der Waals surface area contributed by atoms with E-state index in [1.165, 1.54) is 0 Å². The van der Waals surface area contributed by atoms with E-state index in [2.05, 4.69) is 14.9 Å². The summed E-state index contributed by atoms with van der Waals surface area (Å²) in [5.41, 5.74) is 2.75. The molecule has 4 rings (SSSR count). The lowest BCUT2D eigenvalue weighted by molar-refractivity contribution is -0.120. The van der Waals surface area contributed by atoms with Crippen molar-refractivity contribution >= 4 is 11.6 Å². The fourth-order valence-corrected chi connectivity index (χ4v) is 4.06. The molecule has 7 heteroatoms. The van der Waals surface area contributed by atoms with Crippen molar-refractivity contribution in [1.82, 2.24) is 18.9 Å². The first-order chi connectivity index (χ1) is 13.5. The van der Waals surface area contributed by atoms with Crippen molar-refractivity contribution < 1.29 is 4.79 Å². The van der Waals surface area contributed by atoms with Gasteiger partial charge in [-0.1, -0.05) is 25.1 Å². The Bertz CT molecular complexity index is 1070. The second-order valence-corrected chi connectivity index (χ2v) is 7.33. The van der Waals surface area contributed by atoms with Gasteiger partial charge in [-0.2, -0.15) is 0 Å². The summed E-state index contributed by atoms with van der Waals surface area (Å²) in [7, 11) is 1.85. The van der Waals surface area contributed by atoms with Crippen molar-refractivity contribution in [2.75, 3.05) is 5.32 Å². The molecule has 146 valence electrons. The molecule has 1 aliphatic rings. The number of aryl methyl sites for hydroxylation is 2. The number of carbonyl (C=O) groups is 1. The molecule has 7 nitrogen and oxygen atoms in total. The molecular formula is C21H25N5O2. The maximum atomic E-state index is 13.1. The molecule has 1 amide bonds. The minimum absolute atomic E-state index is 0.102. The highest BCUT2D eigenvalue weighted by Crippen LogP contribution is 2.22. The summed E-state index contributed by atoms with van der Waals surface area (Å²) in [6, 6.07) is 9.47. The third-order valence-corrected chi connectivity index (χ3v) is 5.45. The molecule has 28 heavy (non-hydrogen) atoms. The van der Waals surface area contributed by atoms with Crippen molar-refractivity contribution in [3.8, 4) is 5.69 Å². The van der Waals surface area contributed by atoms with E-state index in [0.717, 1.165) is 35.7 Å². The molecule has 3 aromatic rings. The van der Waals surface area contributed by atoms with Crippen LogP contribution in [0.25, 0.3) is 5.69 Å². The smallest absolute Gasteiger partial charge is 0.295 e. The van der Waals surface area contributed by atoms with Crippen molar-refractivity contribution in [1.29, 1.82) is 0 Å². The topological polar surface area (TPSA) is 73.8 Å². The Labute approximate surface area is 163 Å². The molecule has 0 saturated heterocycles. The van der Waals surface area contributed by atoms with Crippen LogP contribution >= 0.6 is 0 Å². The fraction of sp³-hybridized carbons (Fsp3) is 0.381. The highest BCUT2D eigenvalue weighted by molar-refractivity contribution is 5.93. The Morgan fingerprint density at radius 3 is 2.75 bits per heavy atom. The quantitative estimate of drug-likeness (QED) is 0.757. The summed E-state index contributed by atoms with van der Waals surface area (Å²) < 4.78 is 5.48. The van der Waals surface area contributed by atoms with Crippen molar-refractivity contribution in [2.24, 2.45) is 13.0 Å². The molecule has 1 aliphatic heterocycles. The molecule has 1 unspecified atom stereocenters. The Morgan fingerprint density at radius 1 is 1.29 bits per heavy atom. The Balaban J connectivity index is 1.63. The van der Waals surface area contributed by atoms with Gasteiger partial charge in [0.15, 0.2) is 0 Å². The number of nitrogens with one attached hydrogen (secondary N) is 1. The summed E-state index contributed by atoms with van der Waals surface area (Å²) in [5, 5.41) is 2.94. The molecule has 0 saturated carbocycles. The number of aromatic nitrogens is 4. The van der Waals surface area contributed by atoms with E-state index in [9.17, 15) is 9.59 Å². The van der Waals surface area contributed by atoms with Crippen molar-refractivity contribution in [3.63, 3.8) is 0 Å². The minimum atomic E-state index is -0.200. The third-order valence-electron chi connectivity index (χ3n) is 5.45. The fourth-order valence-electron chi connectivity index (χ4n) is 4.06. The molecular weight excluding hydrogens is 354 g/mol. The number of nitrogens with zero attached hydrogens (tertiary/aromatic N) is 4. The first kappa shape index (κ1) is 18.3. The number of hydrogen-bond donors (Lipinski definition) is 1. The second-order valence-electron chi connectivity index (χ2n) is 7.33. The number of para-hydroxylation sites is 1. The summed E-state index contributed by atoms with van der Waals surface area (Å²) in [4.78, 5) is 30.6. The number of anilines is 1. The Hall–Kier alpha value is -3.09. The lowest BCUT2D eigenvalue weighted by atomic mass is 9.98. The van der Waals surface area contributed by atoms with Crippen LogP contribution in [0.4, 0.5) is 5.69 Å². The summed E-state index contributed by atoms with van der Waals surface area (Å²) >= 11 is 0. The van der Waals surface area contributed by atoms with Crippen LogP contribution in [0.3, 0.4) is 0 Å². The standard InChI is InChI=1S/C21H25N5O2/c1-4-17-19(21(28)26(24(17)3)16-8-6-5-7-9-16)23-20(27)15-10-11-18-22-14(2)12-25(18)13-15/h5-9,12,15H,4,10-11,13H2,1-3H3,(H,23,27). The molecule has 1 N–H and O–H groups in total. The lowest BCUT2D eigenvalue weighted by Gasteiger charge is -2.22. The number of fused-ring (bicyclic) bond motifs is 1. The third kappa shape index (κ3) is 3.06. The van der Waals surface area contributed by atoms with Crippen LogP contribution in [0.2, 0.25) is 0 Å². The van der Waals surface area contributed by atoms with Crippen LogP contribution in [0, 0.1) is 12.8 Å². The van der Waals surface area contributed by atoms with Gasteiger partial charge in [-0.15, -0.1) is 0 Å². The van der Waals surface area contributed by atoms with Crippen LogP contribution in [0.15, 0.2) is 41.3 Å². The molecule has 1 aromatic carbocycles. The van der Waals surface area contributed by atoms with Gasteiger partial charge < -0.3 is 9.88 Å². The zero-order valence-corrected chi connectivity index (χ0v) is 16.5. The van der Waals surface area contributed by atoms with Gasteiger partial charge in [0.05, 0.1) is 23.0 Å². The zero-order valence-electron chi connectivity index (χ0n) is 16.5. The van der Waals surface area contributed by atoms with Crippen LogP contribution in [-0.2, 0) is 31.2 Å². The first-order valence-electron chi connectivity index (χ1n) is 9.69. The van der Waals surface area contributed by atoms with Crippen LogP contribution in [-0.4, -0.2) is 24.8 Å². The number of rotatable bonds is 4. The van der Waals surface area contributed by atoms with Gasteiger partial charge in [0.25, 0.3) is 5.56 Å². The molecule has 0 bridgehead atoms. The number of imidazole rings is 1. The van der Waals surface area contributed by atoms with Crippen LogP contribution in [0.5, 0.6) is 0 Å². The van der Waals surface area contributed by atoms with Gasteiger partial charge in [0.2, 0.25) is 5.91 Å². The number of carbonyl (C=O) groups excluding carboxylic acids is 1. The lowest BCUT2D eigenvalue weighted by Crippen LogP contribution is -2.32. The van der Waals surface area contributed by atoms with Gasteiger partial charge >= 0.3 is 0 Å². The molecule has 2 aromatic heterocycles. The largest absolute Gasteiger partial charge is 0.334 e. The van der Waals surface area contributed by atoms with Gasteiger partial charge in [-0.05, 0) is 31.9 Å². The zero-order chi connectivity index (χ0) is 19.8. The summed E-state index contributed by atoms with van der Waals surface area (Å²) in [6.07, 6.45) is 4.15. The molecule has 1 atom stereocenters. The molecule has 0 spiro atoms. The predicted octanol–water partition coefficient (Wildman–Crippen LogP) is 2.44. The average molecular weight is 379 g/mol. The Morgan fingerprint density at radius 2 is 2.04 bits per heavy atom. The molecule has 0 fully saturated rings. The van der Waals surface area contributed by atoms with E-state index in [4.69, 9.17) is 0 Å². The maximum Gasteiger partial charge on any atom is 0.295 e. The minimum Gasteiger partial charge on any atom is -0.334 e. The van der Waals surface area contributed by atoms with E-state index in [-0.39, 0.29) is 17.4 Å². The number of benzene rings is 1. The van der Waals surface area contributed by atoms with Gasteiger partial charge in [-0.25, -0.2) is 9.67 Å². The van der Waals surface area contributed by atoms with Crippen molar-refractivity contribution in [3.05, 3.63) is 64.1 Å². The van der Waals surface area contributed by atoms with Gasteiger partial charge in [0.1, 0.15) is 11.5 Å². The predicted molar refractivity (Wildman–Crippen MR) is 108 cm³/mol. The van der Waals surface area contributed by atoms with Crippen LogP contribution < -0.4 is 10.9 Å².